The molecule has 7 nitrogen and oxygen atoms in total. The molecule has 0 atom stereocenters. The Kier molecular flexibility index (Phi) is 4.79. The summed E-state index contributed by atoms with van der Waals surface area (Å²) in [7, 11) is 0. The van der Waals surface area contributed by atoms with Crippen LogP contribution >= 0.6 is 35.6 Å². The SMILES string of the molecule is O=C([O-])CN1C(=O)/C(=C\c2cc([N+](=O)[O-])ccc2Cl)SC1=S. The first-order valence-electron chi connectivity index (χ1n) is 5.68. The van der Waals surface area contributed by atoms with Crippen molar-refractivity contribution < 1.29 is 19.6 Å². The van der Waals surface area contributed by atoms with Gasteiger partial charge in [0, 0.05) is 22.7 Å². The minimum atomic E-state index is -1.44. The quantitative estimate of drug-likeness (QED) is 0.345. The van der Waals surface area contributed by atoms with Gasteiger partial charge in [-0.05, 0) is 12.1 Å². The topological polar surface area (TPSA) is 104 Å². The molecule has 0 spiro atoms. The maximum Gasteiger partial charge on any atom is 0.270 e. The summed E-state index contributed by atoms with van der Waals surface area (Å²) in [4.78, 5) is 33.8. The normalized spacial score (nSPS) is 16.4. The van der Waals surface area contributed by atoms with Crippen LogP contribution in [-0.2, 0) is 9.59 Å². The highest BCUT2D eigenvalue weighted by Crippen LogP contribution is 2.34. The number of carboxylic acid groups (broad SMARTS) is 1. The third kappa shape index (κ3) is 3.43. The van der Waals surface area contributed by atoms with Gasteiger partial charge >= 0.3 is 0 Å². The summed E-state index contributed by atoms with van der Waals surface area (Å²) in [5.41, 5.74) is 0.0886. The van der Waals surface area contributed by atoms with Gasteiger partial charge < -0.3 is 9.90 Å². The van der Waals surface area contributed by atoms with E-state index in [1.807, 2.05) is 0 Å². The zero-order valence-corrected chi connectivity index (χ0v) is 13.0. The number of aliphatic carboxylic acids is 1. The molecule has 1 aliphatic rings. The molecule has 0 unspecified atom stereocenters. The Morgan fingerprint density at radius 3 is 2.77 bits per heavy atom. The van der Waals surface area contributed by atoms with Crippen molar-refractivity contribution in [3.8, 4) is 0 Å². The number of halogens is 1. The van der Waals surface area contributed by atoms with Crippen LogP contribution in [0, 0.1) is 10.1 Å². The van der Waals surface area contributed by atoms with Gasteiger partial charge in [-0.15, -0.1) is 0 Å². The molecular weight excluding hydrogens is 352 g/mol. The van der Waals surface area contributed by atoms with E-state index in [-0.39, 0.29) is 25.5 Å². The minimum absolute atomic E-state index is 0.0713. The number of nitro benzene ring substituents is 1. The fraction of sp³-hybridized carbons (Fsp3) is 0.0833. The van der Waals surface area contributed by atoms with Crippen LogP contribution in [0.2, 0.25) is 5.02 Å². The summed E-state index contributed by atoms with van der Waals surface area (Å²) in [5, 5.41) is 21.6. The number of carbonyl (C=O) groups excluding carboxylic acids is 2. The number of hydrogen-bond acceptors (Lipinski definition) is 7. The van der Waals surface area contributed by atoms with Crippen molar-refractivity contribution in [1.29, 1.82) is 0 Å². The molecule has 1 aromatic carbocycles. The Labute approximate surface area is 138 Å². The van der Waals surface area contributed by atoms with Gasteiger partial charge in [0.15, 0.2) is 0 Å². The number of carbonyl (C=O) groups is 2. The summed E-state index contributed by atoms with van der Waals surface area (Å²) in [6.45, 7) is -0.648. The number of carboxylic acids is 1. The van der Waals surface area contributed by atoms with E-state index < -0.39 is 23.3 Å². The largest absolute Gasteiger partial charge is 0.548 e. The highest BCUT2D eigenvalue weighted by atomic mass is 35.5. The van der Waals surface area contributed by atoms with Crippen molar-refractivity contribution >= 4 is 63.5 Å². The van der Waals surface area contributed by atoms with Crippen molar-refractivity contribution in [2.75, 3.05) is 6.54 Å². The smallest absolute Gasteiger partial charge is 0.270 e. The molecule has 1 aromatic rings. The second-order valence-corrected chi connectivity index (χ2v) is 6.19. The lowest BCUT2D eigenvalue weighted by molar-refractivity contribution is -0.384. The lowest BCUT2D eigenvalue weighted by Crippen LogP contribution is -2.40. The second-order valence-electron chi connectivity index (χ2n) is 4.10. The molecule has 1 amide bonds. The van der Waals surface area contributed by atoms with Crippen molar-refractivity contribution in [3.63, 3.8) is 0 Å². The van der Waals surface area contributed by atoms with E-state index in [0.717, 1.165) is 16.7 Å². The van der Waals surface area contributed by atoms with E-state index in [9.17, 15) is 24.8 Å². The van der Waals surface area contributed by atoms with E-state index in [4.69, 9.17) is 23.8 Å². The number of non-ortho nitro benzene ring substituents is 1. The third-order valence-corrected chi connectivity index (χ3v) is 4.36. The molecule has 1 saturated heterocycles. The molecule has 2 rings (SSSR count). The molecule has 1 aliphatic heterocycles. The number of rotatable bonds is 4. The van der Waals surface area contributed by atoms with E-state index in [2.05, 4.69) is 0 Å². The number of benzene rings is 1. The average Bonchev–Trinajstić information content (AvgIpc) is 2.68. The summed E-state index contributed by atoms with van der Waals surface area (Å²) < 4.78 is 0.0713. The standard InChI is InChI=1S/C12H7ClN2O5S2/c13-8-2-1-7(15(19)20)3-6(8)4-9-11(18)14(5-10(16)17)12(21)22-9/h1-4H,5H2,(H,16,17)/p-1/b9-4+. The average molecular weight is 358 g/mol. The number of nitro groups is 1. The summed E-state index contributed by atoms with van der Waals surface area (Å²) in [6, 6.07) is 3.79. The van der Waals surface area contributed by atoms with E-state index in [1.54, 1.807) is 0 Å². The number of thiocarbonyl (C=S) groups is 1. The molecule has 10 heteroatoms. The molecule has 1 heterocycles. The molecule has 0 saturated carbocycles. The zero-order chi connectivity index (χ0) is 16.4. The van der Waals surface area contributed by atoms with Gasteiger partial charge in [0.25, 0.3) is 11.6 Å². The number of hydrogen-bond donors (Lipinski definition) is 0. The Bertz CT molecular complexity index is 734. The number of thioether (sulfide) groups is 1. The molecule has 1 fully saturated rings. The fourth-order valence-electron chi connectivity index (χ4n) is 1.66. The summed E-state index contributed by atoms with van der Waals surface area (Å²) in [6.07, 6.45) is 1.34. The van der Waals surface area contributed by atoms with Crippen LogP contribution in [0.4, 0.5) is 5.69 Å². The van der Waals surface area contributed by atoms with Crippen LogP contribution in [0.3, 0.4) is 0 Å². The molecule has 0 aromatic heterocycles. The van der Waals surface area contributed by atoms with Crippen molar-refractivity contribution in [3.05, 3.63) is 43.8 Å². The molecule has 22 heavy (non-hydrogen) atoms. The van der Waals surface area contributed by atoms with Crippen molar-refractivity contribution in [2.24, 2.45) is 0 Å². The van der Waals surface area contributed by atoms with E-state index in [0.29, 0.717) is 0 Å². The van der Waals surface area contributed by atoms with Crippen LogP contribution in [0.5, 0.6) is 0 Å². The predicted octanol–water partition coefficient (Wildman–Crippen LogP) is 1.20. The van der Waals surface area contributed by atoms with E-state index in [1.165, 1.54) is 24.3 Å². The third-order valence-electron chi connectivity index (χ3n) is 2.64. The second kappa shape index (κ2) is 6.42. The zero-order valence-electron chi connectivity index (χ0n) is 10.6. The fourth-order valence-corrected chi connectivity index (χ4v) is 3.08. The molecule has 0 bridgehead atoms. The van der Waals surface area contributed by atoms with Gasteiger partial charge in [-0.2, -0.15) is 0 Å². The monoisotopic (exact) mass is 357 g/mol. The van der Waals surface area contributed by atoms with Gasteiger partial charge in [-0.3, -0.25) is 19.8 Å². The maximum atomic E-state index is 12.1. The first-order chi connectivity index (χ1) is 10.3. The van der Waals surface area contributed by atoms with Crippen LogP contribution in [0.25, 0.3) is 6.08 Å². The lowest BCUT2D eigenvalue weighted by atomic mass is 10.2. The lowest BCUT2D eigenvalue weighted by Gasteiger charge is -2.14. The number of nitrogens with zero attached hydrogens (tertiary/aromatic N) is 2. The summed E-state index contributed by atoms with van der Waals surface area (Å²) in [5.74, 6) is -2.05. The van der Waals surface area contributed by atoms with Gasteiger partial charge in [0.05, 0.1) is 22.3 Å². The first-order valence-corrected chi connectivity index (χ1v) is 7.29. The molecule has 0 radical (unpaired) electrons. The Hall–Kier alpha value is -1.97. The van der Waals surface area contributed by atoms with Crippen LogP contribution in [0.1, 0.15) is 5.56 Å². The van der Waals surface area contributed by atoms with Crippen LogP contribution < -0.4 is 5.11 Å². The van der Waals surface area contributed by atoms with Crippen LogP contribution in [-0.4, -0.2) is 32.6 Å². The predicted molar refractivity (Wildman–Crippen MR) is 83.0 cm³/mol. The van der Waals surface area contributed by atoms with Gasteiger partial charge in [0.1, 0.15) is 4.32 Å². The maximum absolute atomic E-state index is 12.1. The Morgan fingerprint density at radius 1 is 1.50 bits per heavy atom. The van der Waals surface area contributed by atoms with Gasteiger partial charge in [0.2, 0.25) is 0 Å². The molecule has 114 valence electrons. The molecule has 0 N–H and O–H groups in total. The minimum Gasteiger partial charge on any atom is -0.548 e. The van der Waals surface area contributed by atoms with Crippen molar-refractivity contribution in [2.45, 2.75) is 0 Å². The molecular formula is C12H6ClN2O5S2-. The highest BCUT2D eigenvalue weighted by molar-refractivity contribution is 8.26. The Morgan fingerprint density at radius 2 is 2.18 bits per heavy atom. The van der Waals surface area contributed by atoms with Crippen LogP contribution in [0.15, 0.2) is 23.1 Å². The Balaban J connectivity index is 2.36. The van der Waals surface area contributed by atoms with Gasteiger partial charge in [-0.25, -0.2) is 0 Å². The summed E-state index contributed by atoms with van der Waals surface area (Å²) >= 11 is 11.8. The number of amides is 1. The van der Waals surface area contributed by atoms with E-state index >= 15 is 0 Å². The van der Waals surface area contributed by atoms with Crippen molar-refractivity contribution in [1.82, 2.24) is 4.90 Å². The first kappa shape index (κ1) is 16.4. The highest BCUT2D eigenvalue weighted by Gasteiger charge is 2.32. The van der Waals surface area contributed by atoms with Gasteiger partial charge in [-0.1, -0.05) is 35.6 Å². The molecule has 0 aliphatic carbocycles.